The minimum absolute atomic E-state index is 0.0224. The Morgan fingerprint density at radius 3 is 2.48 bits per heavy atom. The molecule has 0 aromatic heterocycles. The molecule has 11 heteroatoms. The number of carboxylic acid groups (broad SMARTS) is 1. The van der Waals surface area contributed by atoms with Gasteiger partial charge in [0.2, 0.25) is 19.5 Å². The molecule has 1 fully saturated rings. The van der Waals surface area contributed by atoms with Gasteiger partial charge in [-0.3, -0.25) is 14.5 Å². The molecule has 2 aromatic rings. The van der Waals surface area contributed by atoms with E-state index in [2.05, 4.69) is 6.92 Å². The first-order chi connectivity index (χ1) is 20.4. The lowest BCUT2D eigenvalue weighted by Gasteiger charge is -2.30. The van der Waals surface area contributed by atoms with Gasteiger partial charge in [0.15, 0.2) is 23.0 Å². The van der Waals surface area contributed by atoms with Crippen LogP contribution >= 0.6 is 0 Å². The number of likely N-dealkylation sites (tertiary alicyclic amines) is 1. The van der Waals surface area contributed by atoms with Crippen LogP contribution < -0.4 is 24.7 Å². The fourth-order valence-corrected chi connectivity index (χ4v) is 6.39. The van der Waals surface area contributed by atoms with E-state index in [0.29, 0.717) is 74.0 Å². The Balaban J connectivity index is 1.45. The van der Waals surface area contributed by atoms with Gasteiger partial charge in [-0.2, -0.15) is 0 Å². The number of ether oxygens (including phenoxy) is 4. The summed E-state index contributed by atoms with van der Waals surface area (Å²) in [5.74, 6) is 0.205. The number of carbonyl (C=O) groups is 2. The molecule has 0 spiro atoms. The van der Waals surface area contributed by atoms with Crippen LogP contribution in [-0.4, -0.2) is 84.2 Å². The molecule has 3 atom stereocenters. The molecular weight excluding hydrogens is 542 g/mol. The van der Waals surface area contributed by atoms with Crippen molar-refractivity contribution in [2.75, 3.05) is 46.3 Å². The number of benzene rings is 2. The number of para-hydroxylation sites is 1. The summed E-state index contributed by atoms with van der Waals surface area (Å²) in [6.45, 7) is 4.25. The summed E-state index contributed by atoms with van der Waals surface area (Å²) in [5, 5.41) is 20.6. The summed E-state index contributed by atoms with van der Waals surface area (Å²) in [4.78, 5) is 30.5. The Kier molecular flexibility index (Phi) is 9.71. The second kappa shape index (κ2) is 13.6. The number of carboxylic acids is 1. The highest BCUT2D eigenvalue weighted by Gasteiger charge is 2.47. The van der Waals surface area contributed by atoms with E-state index in [-0.39, 0.29) is 32.6 Å². The second-order valence-corrected chi connectivity index (χ2v) is 11.1. The molecule has 0 bridgehead atoms. The van der Waals surface area contributed by atoms with Gasteiger partial charge in [-0.1, -0.05) is 25.5 Å². The van der Waals surface area contributed by atoms with E-state index < -0.39 is 23.8 Å². The van der Waals surface area contributed by atoms with E-state index in [1.165, 1.54) is 0 Å². The fourth-order valence-electron chi connectivity index (χ4n) is 6.39. The number of hydrogen-bond donors (Lipinski definition) is 3. The number of aliphatic hydroxyl groups is 1. The molecule has 0 aliphatic carbocycles. The van der Waals surface area contributed by atoms with Crippen molar-refractivity contribution >= 4 is 11.9 Å². The lowest BCUT2D eigenvalue weighted by Crippen LogP contribution is -2.45. The number of nitrogens with two attached hydrogens (primary N) is 1. The van der Waals surface area contributed by atoms with Crippen LogP contribution in [0.4, 0.5) is 0 Å². The number of carbonyl (C=O) groups excluding carboxylic acids is 1. The van der Waals surface area contributed by atoms with Crippen molar-refractivity contribution in [2.24, 2.45) is 11.7 Å². The molecule has 42 heavy (non-hydrogen) atoms. The number of hydrogen-bond acceptors (Lipinski definition) is 9. The van der Waals surface area contributed by atoms with Crippen molar-refractivity contribution in [3.05, 3.63) is 47.0 Å². The zero-order valence-electron chi connectivity index (χ0n) is 24.1. The third kappa shape index (κ3) is 6.28. The van der Waals surface area contributed by atoms with Crippen LogP contribution in [0.25, 0.3) is 0 Å². The summed E-state index contributed by atoms with van der Waals surface area (Å²) in [6.07, 6.45) is 3.64. The van der Waals surface area contributed by atoms with Crippen LogP contribution in [0, 0.1) is 5.92 Å². The van der Waals surface area contributed by atoms with Crippen molar-refractivity contribution in [1.29, 1.82) is 0 Å². The number of nitrogens with zero attached hydrogens (tertiary/aromatic N) is 2. The van der Waals surface area contributed by atoms with Crippen LogP contribution in [0.15, 0.2) is 30.3 Å². The highest BCUT2D eigenvalue weighted by molar-refractivity contribution is 5.79. The molecule has 4 N–H and O–H groups in total. The number of aliphatic carboxylic acids is 1. The van der Waals surface area contributed by atoms with E-state index >= 15 is 0 Å². The first kappa shape index (κ1) is 29.9. The second-order valence-electron chi connectivity index (χ2n) is 11.1. The average molecular weight is 584 g/mol. The molecule has 1 amide bonds. The molecule has 228 valence electrons. The van der Waals surface area contributed by atoms with Crippen LogP contribution in [0.5, 0.6) is 23.0 Å². The SMILES string of the molecule is CCCCN(CCCN)C(=O)CN1C[C@H](c2cc(CO)c3c(c2)OCO3)[C@@H](C(=O)O)[C@@H]1CCc1cccc2c1OCO2. The molecule has 1 saturated heterocycles. The van der Waals surface area contributed by atoms with Gasteiger partial charge in [-0.15, -0.1) is 0 Å². The summed E-state index contributed by atoms with van der Waals surface area (Å²) in [5.41, 5.74) is 8.00. The van der Waals surface area contributed by atoms with Crippen molar-refractivity contribution in [1.82, 2.24) is 9.80 Å². The Labute approximate surface area is 246 Å². The number of amides is 1. The molecular formula is C31H41N3O8. The van der Waals surface area contributed by atoms with Crippen molar-refractivity contribution < 1.29 is 38.7 Å². The minimum Gasteiger partial charge on any atom is -0.481 e. The number of aryl methyl sites for hydroxylation is 1. The molecule has 11 nitrogen and oxygen atoms in total. The van der Waals surface area contributed by atoms with Gasteiger partial charge < -0.3 is 39.8 Å². The predicted molar refractivity (Wildman–Crippen MR) is 154 cm³/mol. The van der Waals surface area contributed by atoms with E-state index in [4.69, 9.17) is 24.7 Å². The van der Waals surface area contributed by atoms with Gasteiger partial charge in [0.25, 0.3) is 0 Å². The Morgan fingerprint density at radius 1 is 1.02 bits per heavy atom. The normalized spacial score (nSPS) is 20.7. The number of aliphatic hydroxyl groups excluding tert-OH is 1. The van der Waals surface area contributed by atoms with Crippen LogP contribution in [0.2, 0.25) is 0 Å². The molecule has 3 heterocycles. The maximum Gasteiger partial charge on any atom is 0.308 e. The Bertz CT molecular complexity index is 1260. The maximum absolute atomic E-state index is 13.6. The molecule has 5 rings (SSSR count). The summed E-state index contributed by atoms with van der Waals surface area (Å²) in [7, 11) is 0. The Hall–Kier alpha value is -3.54. The van der Waals surface area contributed by atoms with Crippen LogP contribution in [0.3, 0.4) is 0 Å². The lowest BCUT2D eigenvalue weighted by atomic mass is 9.82. The molecule has 3 aliphatic heterocycles. The smallest absolute Gasteiger partial charge is 0.308 e. The zero-order chi connectivity index (χ0) is 29.6. The number of unbranched alkanes of at least 4 members (excludes halogenated alkanes) is 1. The van der Waals surface area contributed by atoms with E-state index in [1.807, 2.05) is 34.1 Å². The number of fused-ring (bicyclic) bond motifs is 2. The van der Waals surface area contributed by atoms with Gasteiger partial charge in [0, 0.05) is 37.2 Å². The van der Waals surface area contributed by atoms with Gasteiger partial charge in [0.1, 0.15) is 0 Å². The minimum atomic E-state index is -0.924. The lowest BCUT2D eigenvalue weighted by molar-refractivity contribution is -0.143. The molecule has 0 unspecified atom stereocenters. The molecule has 0 saturated carbocycles. The van der Waals surface area contributed by atoms with E-state index in [1.54, 1.807) is 6.07 Å². The van der Waals surface area contributed by atoms with Gasteiger partial charge in [-0.05, 0) is 61.6 Å². The van der Waals surface area contributed by atoms with Crippen molar-refractivity contribution in [2.45, 2.75) is 57.6 Å². The van der Waals surface area contributed by atoms with Gasteiger partial charge in [0.05, 0.1) is 19.1 Å². The van der Waals surface area contributed by atoms with Crippen LogP contribution in [0.1, 0.15) is 55.2 Å². The van der Waals surface area contributed by atoms with E-state index in [9.17, 15) is 19.8 Å². The molecule has 3 aliphatic rings. The largest absolute Gasteiger partial charge is 0.481 e. The quantitative estimate of drug-likeness (QED) is 0.304. The first-order valence-corrected chi connectivity index (χ1v) is 14.8. The zero-order valence-corrected chi connectivity index (χ0v) is 24.1. The fraction of sp³-hybridized carbons (Fsp3) is 0.548. The van der Waals surface area contributed by atoms with Crippen molar-refractivity contribution in [3.63, 3.8) is 0 Å². The summed E-state index contributed by atoms with van der Waals surface area (Å²) < 4.78 is 22.4. The van der Waals surface area contributed by atoms with Gasteiger partial charge in [-0.25, -0.2) is 0 Å². The average Bonchev–Trinajstić information content (AvgIpc) is 3.74. The number of rotatable bonds is 14. The van der Waals surface area contributed by atoms with Crippen molar-refractivity contribution in [3.8, 4) is 23.0 Å². The summed E-state index contributed by atoms with van der Waals surface area (Å²) >= 11 is 0. The summed E-state index contributed by atoms with van der Waals surface area (Å²) in [6, 6.07) is 8.93. The Morgan fingerprint density at radius 2 is 1.76 bits per heavy atom. The van der Waals surface area contributed by atoms with Crippen LogP contribution in [-0.2, 0) is 22.6 Å². The van der Waals surface area contributed by atoms with Gasteiger partial charge >= 0.3 is 5.97 Å². The maximum atomic E-state index is 13.6. The predicted octanol–water partition coefficient (Wildman–Crippen LogP) is 2.72. The third-order valence-corrected chi connectivity index (χ3v) is 8.50. The highest BCUT2D eigenvalue weighted by atomic mass is 16.7. The van der Waals surface area contributed by atoms with E-state index in [0.717, 1.165) is 24.0 Å². The highest BCUT2D eigenvalue weighted by Crippen LogP contribution is 2.45. The first-order valence-electron chi connectivity index (χ1n) is 14.8. The topological polar surface area (TPSA) is 144 Å². The third-order valence-electron chi connectivity index (χ3n) is 8.50. The monoisotopic (exact) mass is 583 g/mol. The molecule has 0 radical (unpaired) electrons. The molecule has 2 aromatic carbocycles. The standard InChI is InChI=1S/C31H41N3O8/c1-2-3-11-33(12-5-10-32)27(36)16-34-15-23(21-13-22(17-35)30-26(14-21)40-19-42-30)28(31(37)38)24(34)9-8-20-6-4-7-25-29(20)41-18-39-25/h4,6-7,13-14,23-24,28,35H,2-3,5,8-12,15-19,32H2,1H3,(H,37,38)/t23-,24+,28-/m1/s1.